The maximum Gasteiger partial charge on any atom is 0.252 e. The predicted molar refractivity (Wildman–Crippen MR) is 110 cm³/mol. The molecular formula is C20H18ClN3O2S. The van der Waals surface area contributed by atoms with Gasteiger partial charge in [-0.25, -0.2) is 4.98 Å². The normalized spacial score (nSPS) is 11.8. The molecule has 3 aromatic rings. The summed E-state index contributed by atoms with van der Waals surface area (Å²) >= 11 is 7.19. The van der Waals surface area contributed by atoms with Crippen molar-refractivity contribution in [3.05, 3.63) is 75.5 Å². The molecule has 0 aliphatic rings. The number of aryl methyl sites for hydroxylation is 1. The smallest absolute Gasteiger partial charge is 0.252 e. The summed E-state index contributed by atoms with van der Waals surface area (Å²) in [5.41, 5.74) is 2.74. The number of carbonyl (C=O) groups is 1. The third-order valence-corrected chi connectivity index (χ3v) is 5.12. The molecule has 138 valence electrons. The highest BCUT2D eigenvalue weighted by Crippen LogP contribution is 2.25. The van der Waals surface area contributed by atoms with Crippen molar-refractivity contribution >= 4 is 35.0 Å². The summed E-state index contributed by atoms with van der Waals surface area (Å²) < 4.78 is 0. The van der Waals surface area contributed by atoms with Crippen molar-refractivity contribution < 1.29 is 4.79 Å². The molecule has 1 amide bonds. The van der Waals surface area contributed by atoms with E-state index in [9.17, 15) is 9.59 Å². The Labute approximate surface area is 166 Å². The second-order valence-electron chi connectivity index (χ2n) is 6.01. The zero-order valence-corrected chi connectivity index (χ0v) is 16.4. The summed E-state index contributed by atoms with van der Waals surface area (Å²) in [6.07, 6.45) is 0. The van der Waals surface area contributed by atoms with Gasteiger partial charge in [-0.3, -0.25) is 9.59 Å². The second kappa shape index (κ2) is 8.41. The minimum Gasteiger partial charge on any atom is -0.325 e. The van der Waals surface area contributed by atoms with E-state index in [0.29, 0.717) is 21.6 Å². The number of aromatic amines is 1. The van der Waals surface area contributed by atoms with Crippen LogP contribution in [0.2, 0.25) is 5.02 Å². The van der Waals surface area contributed by atoms with Crippen molar-refractivity contribution in [1.82, 2.24) is 9.97 Å². The van der Waals surface area contributed by atoms with Gasteiger partial charge in [0.05, 0.1) is 10.9 Å². The van der Waals surface area contributed by atoms with Gasteiger partial charge in [-0.1, -0.05) is 59.8 Å². The van der Waals surface area contributed by atoms with Gasteiger partial charge >= 0.3 is 0 Å². The van der Waals surface area contributed by atoms with Crippen LogP contribution in [-0.4, -0.2) is 21.1 Å². The minimum absolute atomic E-state index is 0.196. The number of thioether (sulfide) groups is 1. The number of halogens is 1. The fourth-order valence-electron chi connectivity index (χ4n) is 2.43. The van der Waals surface area contributed by atoms with E-state index in [0.717, 1.165) is 11.1 Å². The predicted octanol–water partition coefficient (Wildman–Crippen LogP) is 4.52. The van der Waals surface area contributed by atoms with Crippen LogP contribution in [0.15, 0.2) is 64.5 Å². The Bertz CT molecular complexity index is 1020. The summed E-state index contributed by atoms with van der Waals surface area (Å²) in [4.78, 5) is 31.7. The first-order valence-electron chi connectivity index (χ1n) is 8.33. The van der Waals surface area contributed by atoms with Gasteiger partial charge in [0.15, 0.2) is 5.16 Å². The van der Waals surface area contributed by atoms with Gasteiger partial charge in [0.1, 0.15) is 0 Å². The van der Waals surface area contributed by atoms with Crippen molar-refractivity contribution in [2.45, 2.75) is 24.3 Å². The monoisotopic (exact) mass is 399 g/mol. The fourth-order valence-corrected chi connectivity index (χ4v) is 3.42. The highest BCUT2D eigenvalue weighted by atomic mass is 35.5. The van der Waals surface area contributed by atoms with Crippen LogP contribution >= 0.6 is 23.4 Å². The molecule has 0 bridgehead atoms. The number of hydrogen-bond donors (Lipinski definition) is 2. The van der Waals surface area contributed by atoms with E-state index < -0.39 is 5.25 Å². The average Bonchev–Trinajstić information content (AvgIpc) is 2.65. The van der Waals surface area contributed by atoms with Crippen LogP contribution in [0.25, 0.3) is 11.3 Å². The molecule has 3 rings (SSSR count). The molecule has 0 aliphatic heterocycles. The Morgan fingerprint density at radius 1 is 1.19 bits per heavy atom. The lowest BCUT2D eigenvalue weighted by Crippen LogP contribution is -2.23. The molecular weight excluding hydrogens is 382 g/mol. The summed E-state index contributed by atoms with van der Waals surface area (Å²) in [5.74, 6) is -0.196. The third-order valence-electron chi connectivity index (χ3n) is 3.90. The first kappa shape index (κ1) is 19.2. The number of carbonyl (C=O) groups excluding carboxylic acids is 1. The van der Waals surface area contributed by atoms with Crippen molar-refractivity contribution in [2.75, 3.05) is 5.32 Å². The highest BCUT2D eigenvalue weighted by Gasteiger charge is 2.17. The molecule has 0 unspecified atom stereocenters. The topological polar surface area (TPSA) is 74.8 Å². The number of amides is 1. The van der Waals surface area contributed by atoms with Crippen molar-refractivity contribution in [2.24, 2.45) is 0 Å². The molecule has 1 heterocycles. The number of hydrogen-bond acceptors (Lipinski definition) is 4. The number of benzene rings is 2. The fraction of sp³-hybridized carbons (Fsp3) is 0.150. The van der Waals surface area contributed by atoms with Crippen LogP contribution in [-0.2, 0) is 4.79 Å². The van der Waals surface area contributed by atoms with Crippen LogP contribution < -0.4 is 10.9 Å². The molecule has 0 aliphatic carbocycles. The van der Waals surface area contributed by atoms with E-state index in [1.54, 1.807) is 19.1 Å². The second-order valence-corrected chi connectivity index (χ2v) is 7.78. The van der Waals surface area contributed by atoms with Crippen LogP contribution in [0, 0.1) is 6.92 Å². The number of H-pyrrole nitrogens is 1. The molecule has 27 heavy (non-hydrogen) atoms. The number of nitrogens with zero attached hydrogens (tertiary/aromatic N) is 1. The van der Waals surface area contributed by atoms with Crippen LogP contribution in [0.1, 0.15) is 12.5 Å². The molecule has 1 aromatic heterocycles. The average molecular weight is 400 g/mol. The van der Waals surface area contributed by atoms with E-state index in [2.05, 4.69) is 15.3 Å². The van der Waals surface area contributed by atoms with Gasteiger partial charge in [0.2, 0.25) is 5.91 Å². The molecule has 0 saturated heterocycles. The molecule has 5 nitrogen and oxygen atoms in total. The molecule has 2 N–H and O–H groups in total. The Hall–Kier alpha value is -2.57. The van der Waals surface area contributed by atoms with Gasteiger partial charge in [0, 0.05) is 22.3 Å². The summed E-state index contributed by atoms with van der Waals surface area (Å²) in [5, 5.41) is 3.36. The SMILES string of the molecule is Cc1ccc(Cl)cc1NC(=O)[C@@H](C)Sc1nc(-c2ccccc2)cc(=O)[nH]1. The third kappa shape index (κ3) is 4.99. The van der Waals surface area contributed by atoms with E-state index in [4.69, 9.17) is 11.6 Å². The number of rotatable bonds is 5. The van der Waals surface area contributed by atoms with Crippen molar-refractivity contribution in [3.8, 4) is 11.3 Å². The van der Waals surface area contributed by atoms with Gasteiger partial charge in [-0.2, -0.15) is 0 Å². The van der Waals surface area contributed by atoms with E-state index in [1.165, 1.54) is 17.8 Å². The zero-order chi connectivity index (χ0) is 19.4. The first-order valence-corrected chi connectivity index (χ1v) is 9.58. The molecule has 0 spiro atoms. The maximum absolute atomic E-state index is 12.5. The standard InChI is InChI=1S/C20H18ClN3O2S/c1-12-8-9-15(21)10-16(12)22-19(26)13(2)27-20-23-17(11-18(25)24-20)14-6-4-3-5-7-14/h3-11,13H,1-2H3,(H,22,26)(H,23,24,25)/t13-/m1/s1. The Balaban J connectivity index is 1.76. The molecule has 0 saturated carbocycles. The molecule has 0 fully saturated rings. The van der Waals surface area contributed by atoms with Gasteiger partial charge in [-0.05, 0) is 31.5 Å². The number of aromatic nitrogens is 2. The Morgan fingerprint density at radius 3 is 2.67 bits per heavy atom. The van der Waals surface area contributed by atoms with Gasteiger partial charge in [0.25, 0.3) is 5.56 Å². The van der Waals surface area contributed by atoms with Crippen LogP contribution in [0.3, 0.4) is 0 Å². The highest BCUT2D eigenvalue weighted by molar-refractivity contribution is 8.00. The van der Waals surface area contributed by atoms with E-state index in [-0.39, 0.29) is 11.5 Å². The van der Waals surface area contributed by atoms with Crippen LogP contribution in [0.5, 0.6) is 0 Å². The molecule has 1 atom stereocenters. The Kier molecular flexibility index (Phi) is 5.98. The Morgan fingerprint density at radius 2 is 1.93 bits per heavy atom. The molecule has 2 aromatic carbocycles. The number of anilines is 1. The number of nitrogens with one attached hydrogen (secondary N) is 2. The van der Waals surface area contributed by atoms with Crippen molar-refractivity contribution in [1.29, 1.82) is 0 Å². The van der Waals surface area contributed by atoms with Gasteiger partial charge < -0.3 is 10.3 Å². The largest absolute Gasteiger partial charge is 0.325 e. The van der Waals surface area contributed by atoms with E-state index in [1.807, 2.05) is 43.3 Å². The lowest BCUT2D eigenvalue weighted by Gasteiger charge is -2.13. The lowest BCUT2D eigenvalue weighted by molar-refractivity contribution is -0.115. The summed E-state index contributed by atoms with van der Waals surface area (Å²) in [6, 6.07) is 16.2. The maximum atomic E-state index is 12.5. The van der Waals surface area contributed by atoms with E-state index >= 15 is 0 Å². The quantitative estimate of drug-likeness (QED) is 0.488. The minimum atomic E-state index is -0.461. The first-order chi connectivity index (χ1) is 12.9. The lowest BCUT2D eigenvalue weighted by atomic mass is 10.1. The molecule has 7 heteroatoms. The van der Waals surface area contributed by atoms with Crippen LogP contribution in [0.4, 0.5) is 5.69 Å². The summed E-state index contributed by atoms with van der Waals surface area (Å²) in [6.45, 7) is 3.65. The summed E-state index contributed by atoms with van der Waals surface area (Å²) in [7, 11) is 0. The van der Waals surface area contributed by atoms with Gasteiger partial charge in [-0.15, -0.1) is 0 Å². The molecule has 0 radical (unpaired) electrons. The zero-order valence-electron chi connectivity index (χ0n) is 14.8. The van der Waals surface area contributed by atoms with Crippen molar-refractivity contribution in [3.63, 3.8) is 0 Å².